The lowest BCUT2D eigenvalue weighted by Crippen LogP contribution is -2.39. The molecule has 94 valence electrons. The van der Waals surface area contributed by atoms with Crippen LogP contribution < -0.4 is 5.32 Å². The van der Waals surface area contributed by atoms with Crippen LogP contribution in [0, 0.1) is 0 Å². The average Bonchev–Trinajstić information content (AvgIpc) is 2.77. The van der Waals surface area contributed by atoms with Gasteiger partial charge < -0.3 is 5.32 Å². The highest BCUT2D eigenvalue weighted by Crippen LogP contribution is 2.28. The first kappa shape index (κ1) is 12.6. The van der Waals surface area contributed by atoms with Gasteiger partial charge in [0.2, 0.25) is 0 Å². The number of unbranched alkanes of at least 4 members (excludes halogenated alkanes) is 1. The van der Waals surface area contributed by atoms with Crippen LogP contribution in [0.5, 0.6) is 0 Å². The predicted octanol–water partition coefficient (Wildman–Crippen LogP) is 3.93. The maximum absolute atomic E-state index is 3.74. The fraction of sp³-hybridized carbons (Fsp3) is 0.625. The third kappa shape index (κ3) is 4.16. The second kappa shape index (κ2) is 6.20. The Balaban J connectivity index is 1.58. The van der Waals surface area contributed by atoms with Gasteiger partial charge in [-0.25, -0.2) is 0 Å². The first-order chi connectivity index (χ1) is 8.29. The molecule has 1 aliphatic rings. The van der Waals surface area contributed by atoms with Crippen LogP contribution in [0.2, 0.25) is 0 Å². The van der Waals surface area contributed by atoms with E-state index in [1.54, 1.807) is 0 Å². The van der Waals surface area contributed by atoms with Crippen molar-refractivity contribution in [1.82, 2.24) is 5.32 Å². The lowest BCUT2D eigenvalue weighted by Gasteiger charge is -2.25. The van der Waals surface area contributed by atoms with E-state index in [-0.39, 0.29) is 0 Å². The van der Waals surface area contributed by atoms with Crippen molar-refractivity contribution in [2.75, 3.05) is 6.54 Å². The molecule has 0 amide bonds. The van der Waals surface area contributed by atoms with E-state index in [9.17, 15) is 0 Å². The summed E-state index contributed by atoms with van der Waals surface area (Å²) in [6.45, 7) is 3.57. The Hall–Kier alpha value is -0.820. The first-order valence-corrected chi connectivity index (χ1v) is 7.07. The van der Waals surface area contributed by atoms with Crippen LogP contribution in [-0.2, 0) is 6.42 Å². The molecule has 1 aromatic rings. The summed E-state index contributed by atoms with van der Waals surface area (Å²) >= 11 is 0. The molecule has 0 spiro atoms. The van der Waals surface area contributed by atoms with Gasteiger partial charge in [0.25, 0.3) is 0 Å². The molecule has 17 heavy (non-hydrogen) atoms. The Morgan fingerprint density at radius 1 is 1.06 bits per heavy atom. The molecule has 2 rings (SSSR count). The molecular formula is C16H25N. The zero-order chi connectivity index (χ0) is 12.0. The van der Waals surface area contributed by atoms with Crippen molar-refractivity contribution in [3.8, 4) is 0 Å². The summed E-state index contributed by atoms with van der Waals surface area (Å²) in [5.41, 5.74) is 1.92. The lowest BCUT2D eigenvalue weighted by molar-refractivity contribution is 0.361. The van der Waals surface area contributed by atoms with E-state index in [0.29, 0.717) is 5.54 Å². The highest BCUT2D eigenvalue weighted by atomic mass is 15.0. The highest BCUT2D eigenvalue weighted by molar-refractivity contribution is 5.14. The fourth-order valence-corrected chi connectivity index (χ4v) is 2.82. The Morgan fingerprint density at radius 2 is 1.76 bits per heavy atom. The summed E-state index contributed by atoms with van der Waals surface area (Å²) in [6, 6.07) is 10.8. The molecule has 0 saturated heterocycles. The molecule has 1 aliphatic carbocycles. The molecular weight excluding hydrogens is 206 g/mol. The SMILES string of the molecule is CC1(NCCCCc2ccccc2)CCCC1. The number of benzene rings is 1. The van der Waals surface area contributed by atoms with Crippen molar-refractivity contribution < 1.29 is 0 Å². The number of rotatable bonds is 6. The van der Waals surface area contributed by atoms with Crippen molar-refractivity contribution in [2.24, 2.45) is 0 Å². The molecule has 0 aliphatic heterocycles. The summed E-state index contributed by atoms with van der Waals surface area (Å²) < 4.78 is 0. The predicted molar refractivity (Wildman–Crippen MR) is 74.3 cm³/mol. The summed E-state index contributed by atoms with van der Waals surface area (Å²) in [7, 11) is 0. The Bertz CT molecular complexity index is 312. The average molecular weight is 231 g/mol. The summed E-state index contributed by atoms with van der Waals surface area (Å²) in [5, 5.41) is 3.74. The zero-order valence-corrected chi connectivity index (χ0v) is 11.0. The number of hydrogen-bond donors (Lipinski definition) is 1. The molecule has 1 aromatic carbocycles. The number of hydrogen-bond acceptors (Lipinski definition) is 1. The van der Waals surface area contributed by atoms with Gasteiger partial charge in [0.1, 0.15) is 0 Å². The molecule has 0 radical (unpaired) electrons. The molecule has 1 nitrogen and oxygen atoms in total. The van der Waals surface area contributed by atoms with Gasteiger partial charge in [-0.1, -0.05) is 43.2 Å². The molecule has 0 unspecified atom stereocenters. The Kier molecular flexibility index (Phi) is 4.61. The molecule has 0 heterocycles. The molecule has 1 saturated carbocycles. The molecule has 0 atom stereocenters. The maximum Gasteiger partial charge on any atom is 0.0153 e. The van der Waals surface area contributed by atoms with Crippen LogP contribution in [-0.4, -0.2) is 12.1 Å². The standard InChI is InChI=1S/C16H25N/c1-16(12-6-7-13-16)17-14-8-5-11-15-9-3-2-4-10-15/h2-4,9-10,17H,5-8,11-14H2,1H3. The van der Waals surface area contributed by atoms with E-state index in [1.807, 2.05) is 0 Å². The number of aryl methyl sites for hydroxylation is 1. The molecule has 1 fully saturated rings. The second-order valence-electron chi connectivity index (χ2n) is 5.64. The zero-order valence-electron chi connectivity index (χ0n) is 11.0. The molecule has 0 bridgehead atoms. The minimum atomic E-state index is 0.451. The van der Waals surface area contributed by atoms with Crippen LogP contribution in [0.1, 0.15) is 51.0 Å². The van der Waals surface area contributed by atoms with Gasteiger partial charge in [0.15, 0.2) is 0 Å². The first-order valence-electron chi connectivity index (χ1n) is 7.07. The lowest BCUT2D eigenvalue weighted by atomic mass is 10.0. The van der Waals surface area contributed by atoms with Gasteiger partial charge in [-0.15, -0.1) is 0 Å². The number of nitrogens with one attached hydrogen (secondary N) is 1. The Morgan fingerprint density at radius 3 is 2.47 bits per heavy atom. The van der Waals surface area contributed by atoms with Crippen molar-refractivity contribution in [1.29, 1.82) is 0 Å². The van der Waals surface area contributed by atoms with Crippen molar-refractivity contribution in [2.45, 2.75) is 57.4 Å². The van der Waals surface area contributed by atoms with Gasteiger partial charge in [-0.3, -0.25) is 0 Å². The topological polar surface area (TPSA) is 12.0 Å². The van der Waals surface area contributed by atoms with Crippen LogP contribution in [0.4, 0.5) is 0 Å². The summed E-state index contributed by atoms with van der Waals surface area (Å²) in [4.78, 5) is 0. The largest absolute Gasteiger partial charge is 0.312 e. The molecule has 0 aromatic heterocycles. The minimum Gasteiger partial charge on any atom is -0.312 e. The smallest absolute Gasteiger partial charge is 0.0153 e. The van der Waals surface area contributed by atoms with Crippen LogP contribution in [0.15, 0.2) is 30.3 Å². The summed E-state index contributed by atoms with van der Waals surface area (Å²) in [6.07, 6.45) is 9.37. The normalized spacial score (nSPS) is 18.4. The van der Waals surface area contributed by atoms with E-state index >= 15 is 0 Å². The van der Waals surface area contributed by atoms with Crippen molar-refractivity contribution in [3.05, 3.63) is 35.9 Å². The Labute approximate surface area is 106 Å². The summed E-state index contributed by atoms with van der Waals surface area (Å²) in [5.74, 6) is 0. The van der Waals surface area contributed by atoms with Gasteiger partial charge >= 0.3 is 0 Å². The van der Waals surface area contributed by atoms with Gasteiger partial charge in [-0.05, 0) is 51.1 Å². The van der Waals surface area contributed by atoms with E-state index in [1.165, 1.54) is 57.1 Å². The second-order valence-corrected chi connectivity index (χ2v) is 5.64. The third-order valence-corrected chi connectivity index (χ3v) is 3.99. The van der Waals surface area contributed by atoms with Crippen LogP contribution in [0.25, 0.3) is 0 Å². The third-order valence-electron chi connectivity index (χ3n) is 3.99. The maximum atomic E-state index is 3.74. The van der Waals surface area contributed by atoms with Gasteiger partial charge in [0, 0.05) is 5.54 Å². The van der Waals surface area contributed by atoms with Gasteiger partial charge in [-0.2, -0.15) is 0 Å². The molecule has 1 N–H and O–H groups in total. The molecule has 1 heteroatoms. The fourth-order valence-electron chi connectivity index (χ4n) is 2.82. The van der Waals surface area contributed by atoms with Crippen LogP contribution in [0.3, 0.4) is 0 Å². The van der Waals surface area contributed by atoms with Crippen molar-refractivity contribution in [3.63, 3.8) is 0 Å². The van der Waals surface area contributed by atoms with E-state index in [2.05, 4.69) is 42.6 Å². The van der Waals surface area contributed by atoms with Crippen LogP contribution >= 0.6 is 0 Å². The minimum absolute atomic E-state index is 0.451. The van der Waals surface area contributed by atoms with E-state index in [0.717, 1.165) is 0 Å². The quantitative estimate of drug-likeness (QED) is 0.731. The monoisotopic (exact) mass is 231 g/mol. The van der Waals surface area contributed by atoms with Crippen molar-refractivity contribution >= 4 is 0 Å². The van der Waals surface area contributed by atoms with E-state index < -0.39 is 0 Å². The van der Waals surface area contributed by atoms with E-state index in [4.69, 9.17) is 0 Å². The highest BCUT2D eigenvalue weighted by Gasteiger charge is 2.27. The van der Waals surface area contributed by atoms with Gasteiger partial charge in [0.05, 0.1) is 0 Å².